The van der Waals surface area contributed by atoms with Crippen LogP contribution in [0.1, 0.15) is 63.0 Å². The first-order valence-electron chi connectivity index (χ1n) is 15.1. The van der Waals surface area contributed by atoms with Gasteiger partial charge in [-0.3, -0.25) is 9.48 Å². The van der Waals surface area contributed by atoms with E-state index < -0.39 is 6.04 Å². The van der Waals surface area contributed by atoms with E-state index in [-0.39, 0.29) is 23.8 Å². The third-order valence-electron chi connectivity index (χ3n) is 9.23. The maximum absolute atomic E-state index is 13.4. The third kappa shape index (κ3) is 6.97. The number of rotatable bonds is 7. The van der Waals surface area contributed by atoms with Crippen LogP contribution in [-0.2, 0) is 11.8 Å². The molecule has 2 saturated heterocycles. The van der Waals surface area contributed by atoms with Crippen molar-refractivity contribution in [1.29, 1.82) is 0 Å². The molecule has 2 aromatic rings. The van der Waals surface area contributed by atoms with Crippen LogP contribution in [0.25, 0.3) is 11.3 Å². The summed E-state index contributed by atoms with van der Waals surface area (Å²) in [6, 6.07) is 6.78. The summed E-state index contributed by atoms with van der Waals surface area (Å²) in [5.41, 5.74) is 14.1. The van der Waals surface area contributed by atoms with Crippen LogP contribution >= 0.6 is 23.2 Å². The number of piperidine rings is 2. The van der Waals surface area contributed by atoms with E-state index in [9.17, 15) is 9.59 Å². The van der Waals surface area contributed by atoms with E-state index in [0.717, 1.165) is 55.2 Å². The van der Waals surface area contributed by atoms with Crippen LogP contribution in [0.2, 0.25) is 10.0 Å². The standard InChI is InChI=1S/C30H42Cl2N8O2/c1-38-26(17-25(37-38)22-7-4-8-23(31)27(22)32)20-11-14-39(15-12-20)30(42)35-13-9-24(36-29(33)34)28(41)40-16-10-19-5-2-3-6-21(19)18-40/h4,7-8,17,19-21,24H,2-3,5-6,9-16,18H2,1H3,(H,35,42)(H4,33,34,36)/t19?,21?,24-/m0/s1. The van der Waals surface area contributed by atoms with Crippen LogP contribution in [0.5, 0.6) is 0 Å². The average Bonchev–Trinajstić information content (AvgIpc) is 3.38. The summed E-state index contributed by atoms with van der Waals surface area (Å²) in [6.45, 7) is 3.11. The number of guanidine groups is 1. The number of carbonyl (C=O) groups excluding carboxylic acids is 2. The minimum Gasteiger partial charge on any atom is -0.370 e. The highest BCUT2D eigenvalue weighted by Gasteiger charge is 2.35. The number of aryl methyl sites for hydroxylation is 1. The molecule has 1 aliphatic carbocycles. The van der Waals surface area contributed by atoms with E-state index in [1.165, 1.54) is 25.7 Å². The molecule has 3 amide bonds. The Morgan fingerprint density at radius 2 is 1.76 bits per heavy atom. The van der Waals surface area contributed by atoms with Crippen LogP contribution in [0, 0.1) is 11.8 Å². The second kappa shape index (κ2) is 13.5. The molecule has 10 nitrogen and oxygen atoms in total. The van der Waals surface area contributed by atoms with Crippen molar-refractivity contribution in [3.05, 3.63) is 40.0 Å². The highest BCUT2D eigenvalue weighted by atomic mass is 35.5. The van der Waals surface area contributed by atoms with Gasteiger partial charge in [0.25, 0.3) is 0 Å². The fourth-order valence-electron chi connectivity index (χ4n) is 6.94. The minimum atomic E-state index is -0.687. The Morgan fingerprint density at radius 1 is 1.05 bits per heavy atom. The number of benzene rings is 1. The highest BCUT2D eigenvalue weighted by molar-refractivity contribution is 6.43. The highest BCUT2D eigenvalue weighted by Crippen LogP contribution is 2.37. The normalized spacial score (nSPS) is 21.9. The molecule has 2 aliphatic heterocycles. The maximum Gasteiger partial charge on any atom is 0.317 e. The van der Waals surface area contributed by atoms with E-state index in [1.807, 2.05) is 33.7 Å². The second-order valence-electron chi connectivity index (χ2n) is 11.9. The predicted octanol–water partition coefficient (Wildman–Crippen LogP) is 4.35. The zero-order valence-electron chi connectivity index (χ0n) is 24.3. The molecular weight excluding hydrogens is 575 g/mol. The number of amides is 3. The van der Waals surface area contributed by atoms with Crippen LogP contribution in [0.15, 0.2) is 29.3 Å². The number of hydrogen-bond donors (Lipinski definition) is 3. The number of nitrogens with zero attached hydrogens (tertiary/aromatic N) is 5. The van der Waals surface area contributed by atoms with Gasteiger partial charge < -0.3 is 26.6 Å². The Hall–Kier alpha value is -2.98. The van der Waals surface area contributed by atoms with Gasteiger partial charge in [-0.15, -0.1) is 0 Å². The molecule has 3 fully saturated rings. The number of likely N-dealkylation sites (tertiary alicyclic amines) is 2. The lowest BCUT2D eigenvalue weighted by Crippen LogP contribution is -2.49. The van der Waals surface area contributed by atoms with E-state index in [0.29, 0.717) is 42.0 Å². The lowest BCUT2D eigenvalue weighted by atomic mass is 9.75. The van der Waals surface area contributed by atoms with Crippen molar-refractivity contribution >= 4 is 41.1 Å². The number of nitrogens with one attached hydrogen (secondary N) is 1. The third-order valence-corrected chi connectivity index (χ3v) is 10.0. The van der Waals surface area contributed by atoms with Gasteiger partial charge in [0.05, 0.1) is 15.7 Å². The molecule has 1 saturated carbocycles. The lowest BCUT2D eigenvalue weighted by molar-refractivity contribution is -0.135. The van der Waals surface area contributed by atoms with E-state index in [1.54, 1.807) is 6.07 Å². The molecule has 1 aromatic carbocycles. The van der Waals surface area contributed by atoms with Crippen LogP contribution in [0.4, 0.5) is 4.79 Å². The SMILES string of the molecule is Cn1nc(-c2cccc(Cl)c2Cl)cc1C1CCN(C(=O)NCC[C@H](N=C(N)N)C(=O)N2CCC3CCCCC3C2)CC1. The number of carbonyl (C=O) groups is 2. The summed E-state index contributed by atoms with van der Waals surface area (Å²) >= 11 is 12.6. The summed E-state index contributed by atoms with van der Waals surface area (Å²) < 4.78 is 1.89. The molecule has 3 aliphatic rings. The zero-order valence-corrected chi connectivity index (χ0v) is 25.8. The van der Waals surface area contributed by atoms with Crippen molar-refractivity contribution in [2.45, 2.75) is 63.3 Å². The summed E-state index contributed by atoms with van der Waals surface area (Å²) in [5, 5.41) is 8.65. The Labute approximate surface area is 257 Å². The molecule has 5 rings (SSSR count). The predicted molar refractivity (Wildman–Crippen MR) is 166 cm³/mol. The van der Waals surface area contributed by atoms with E-state index in [2.05, 4.69) is 21.5 Å². The molecule has 3 heterocycles. The molecule has 5 N–H and O–H groups in total. The van der Waals surface area contributed by atoms with Gasteiger partial charge in [0.2, 0.25) is 5.91 Å². The van der Waals surface area contributed by atoms with Crippen molar-refractivity contribution in [2.75, 3.05) is 32.7 Å². The number of nitrogens with two attached hydrogens (primary N) is 2. The van der Waals surface area contributed by atoms with Crippen LogP contribution in [-0.4, -0.2) is 76.2 Å². The molecule has 1 aromatic heterocycles. The van der Waals surface area contributed by atoms with Gasteiger partial charge in [-0.1, -0.05) is 54.6 Å². The van der Waals surface area contributed by atoms with Crippen LogP contribution in [0.3, 0.4) is 0 Å². The molecule has 2 unspecified atom stereocenters. The molecule has 228 valence electrons. The van der Waals surface area contributed by atoms with Gasteiger partial charge in [-0.05, 0) is 56.1 Å². The van der Waals surface area contributed by atoms with Gasteiger partial charge in [-0.25, -0.2) is 9.79 Å². The summed E-state index contributed by atoms with van der Waals surface area (Å²) in [5.74, 6) is 1.43. The Morgan fingerprint density at radius 3 is 2.50 bits per heavy atom. The zero-order chi connectivity index (χ0) is 29.8. The number of aromatic nitrogens is 2. The molecule has 42 heavy (non-hydrogen) atoms. The lowest BCUT2D eigenvalue weighted by Gasteiger charge is -2.42. The molecule has 3 atom stereocenters. The first kappa shape index (κ1) is 30.5. The molecule has 0 radical (unpaired) electrons. The number of urea groups is 1. The van der Waals surface area contributed by atoms with Gasteiger partial charge in [0.15, 0.2) is 5.96 Å². The van der Waals surface area contributed by atoms with Crippen LogP contribution < -0.4 is 16.8 Å². The first-order chi connectivity index (χ1) is 20.2. The quantitative estimate of drug-likeness (QED) is 0.314. The Balaban J connectivity index is 1.11. The number of aliphatic imine (C=N–C) groups is 1. The Bertz CT molecular complexity index is 1300. The van der Waals surface area contributed by atoms with Crippen molar-refractivity contribution in [3.8, 4) is 11.3 Å². The number of halogens is 2. The molecule has 0 spiro atoms. The van der Waals surface area contributed by atoms with Gasteiger partial charge in [0, 0.05) is 56.9 Å². The molecule has 0 bridgehead atoms. The smallest absolute Gasteiger partial charge is 0.317 e. The largest absolute Gasteiger partial charge is 0.370 e. The maximum atomic E-state index is 13.4. The van der Waals surface area contributed by atoms with Crippen molar-refractivity contribution in [2.24, 2.45) is 35.3 Å². The fourth-order valence-corrected chi connectivity index (χ4v) is 7.34. The topological polar surface area (TPSA) is 135 Å². The molecule has 12 heteroatoms. The first-order valence-corrected chi connectivity index (χ1v) is 15.9. The minimum absolute atomic E-state index is 0.0444. The second-order valence-corrected chi connectivity index (χ2v) is 12.7. The molecular formula is C30H42Cl2N8O2. The van der Waals surface area contributed by atoms with E-state index >= 15 is 0 Å². The van der Waals surface area contributed by atoms with Crippen molar-refractivity contribution < 1.29 is 9.59 Å². The Kier molecular flexibility index (Phi) is 9.83. The summed E-state index contributed by atoms with van der Waals surface area (Å²) in [7, 11) is 1.93. The van der Waals surface area contributed by atoms with Gasteiger partial charge in [0.1, 0.15) is 6.04 Å². The fraction of sp³-hybridized carbons (Fsp3) is 0.600. The van der Waals surface area contributed by atoms with Gasteiger partial charge in [-0.2, -0.15) is 5.10 Å². The number of fused-ring (bicyclic) bond motifs is 1. The average molecular weight is 618 g/mol. The summed E-state index contributed by atoms with van der Waals surface area (Å²) in [4.78, 5) is 34.4. The monoisotopic (exact) mass is 616 g/mol. The summed E-state index contributed by atoms with van der Waals surface area (Å²) in [6.07, 6.45) is 8.04. The van der Waals surface area contributed by atoms with Crippen molar-refractivity contribution in [1.82, 2.24) is 24.9 Å². The van der Waals surface area contributed by atoms with Gasteiger partial charge >= 0.3 is 6.03 Å². The van der Waals surface area contributed by atoms with Crippen molar-refractivity contribution in [3.63, 3.8) is 0 Å². The van der Waals surface area contributed by atoms with E-state index in [4.69, 9.17) is 34.7 Å². The number of hydrogen-bond acceptors (Lipinski definition) is 4.